The lowest BCUT2D eigenvalue weighted by atomic mass is 9.77. The van der Waals surface area contributed by atoms with E-state index in [-0.39, 0.29) is 16.7 Å². The van der Waals surface area contributed by atoms with Crippen molar-refractivity contribution in [3.63, 3.8) is 0 Å². The van der Waals surface area contributed by atoms with Gasteiger partial charge in [-0.1, -0.05) is 62.4 Å². The molecule has 3 rings (SSSR count). The van der Waals surface area contributed by atoms with Crippen molar-refractivity contribution in [2.75, 3.05) is 0 Å². The van der Waals surface area contributed by atoms with E-state index >= 15 is 0 Å². The van der Waals surface area contributed by atoms with E-state index in [0.717, 1.165) is 16.5 Å². The molecule has 0 unspecified atom stereocenters. The van der Waals surface area contributed by atoms with Gasteiger partial charge in [0.2, 0.25) is 0 Å². The summed E-state index contributed by atoms with van der Waals surface area (Å²) in [6.07, 6.45) is 0. The van der Waals surface area contributed by atoms with Gasteiger partial charge in [-0.05, 0) is 28.6 Å². The number of fused-ring (bicyclic) bond motifs is 1. The van der Waals surface area contributed by atoms with Crippen LogP contribution in [0.25, 0.3) is 10.8 Å². The molecule has 0 bridgehead atoms. The highest BCUT2D eigenvalue weighted by Crippen LogP contribution is 2.36. The molecule has 0 aliphatic heterocycles. The van der Waals surface area contributed by atoms with Crippen LogP contribution in [0.15, 0.2) is 60.7 Å². The molecular weight excluding hydrogens is 288 g/mol. The highest BCUT2D eigenvalue weighted by Gasteiger charge is 2.24. The van der Waals surface area contributed by atoms with Gasteiger partial charge in [-0.3, -0.25) is 0 Å². The summed E-state index contributed by atoms with van der Waals surface area (Å²) >= 11 is 0. The zero-order chi connectivity index (χ0) is 16.6. The van der Waals surface area contributed by atoms with Crippen LogP contribution in [0.2, 0.25) is 0 Å². The van der Waals surface area contributed by atoms with Gasteiger partial charge in [-0.25, -0.2) is 4.79 Å². The molecule has 0 radical (unpaired) electrons. The molecule has 0 aliphatic carbocycles. The molecule has 3 aromatic rings. The second-order valence-electron chi connectivity index (χ2n) is 6.19. The first kappa shape index (κ1) is 15.1. The maximum Gasteiger partial charge on any atom is 0.339 e. The molecule has 3 aromatic carbocycles. The number of carboxylic acids is 1. The van der Waals surface area contributed by atoms with E-state index in [9.17, 15) is 15.0 Å². The van der Waals surface area contributed by atoms with E-state index in [1.807, 2.05) is 36.4 Å². The lowest BCUT2D eigenvalue weighted by molar-refractivity contribution is 0.0694. The molecule has 2 N–H and O–H groups in total. The van der Waals surface area contributed by atoms with Gasteiger partial charge in [0.1, 0.15) is 11.3 Å². The van der Waals surface area contributed by atoms with Gasteiger partial charge in [0.05, 0.1) is 0 Å². The van der Waals surface area contributed by atoms with Crippen LogP contribution in [-0.4, -0.2) is 16.2 Å². The number of carbonyl (C=O) groups is 1. The standard InChI is InChI=1S/C20H18O3/c1-20(2,14-6-4-3-5-7-14)15-10-8-13-9-11-16(19(22)23)18(21)17(13)12-15/h3-12,21H,1-2H3,(H,22,23). The SMILES string of the molecule is CC(C)(c1ccccc1)c1ccc2ccc(C(=O)O)c(O)c2c1. The molecular formula is C20H18O3. The van der Waals surface area contributed by atoms with Gasteiger partial charge >= 0.3 is 5.97 Å². The zero-order valence-corrected chi connectivity index (χ0v) is 13.1. The summed E-state index contributed by atoms with van der Waals surface area (Å²) < 4.78 is 0. The third-order valence-corrected chi connectivity index (χ3v) is 4.44. The highest BCUT2D eigenvalue weighted by atomic mass is 16.4. The minimum Gasteiger partial charge on any atom is -0.506 e. The van der Waals surface area contributed by atoms with Gasteiger partial charge in [0.25, 0.3) is 0 Å². The van der Waals surface area contributed by atoms with Crippen LogP contribution in [0.4, 0.5) is 0 Å². The Morgan fingerprint density at radius 1 is 0.913 bits per heavy atom. The number of benzene rings is 3. The Kier molecular flexibility index (Phi) is 3.57. The second kappa shape index (κ2) is 5.43. The van der Waals surface area contributed by atoms with Crippen molar-refractivity contribution < 1.29 is 15.0 Å². The minimum absolute atomic E-state index is 0.0767. The Labute approximate surface area is 134 Å². The van der Waals surface area contributed by atoms with E-state index in [2.05, 4.69) is 26.0 Å². The van der Waals surface area contributed by atoms with Gasteiger partial charge in [0, 0.05) is 10.8 Å². The molecule has 23 heavy (non-hydrogen) atoms. The Balaban J connectivity index is 2.20. The topological polar surface area (TPSA) is 57.5 Å². The maximum atomic E-state index is 11.2. The van der Waals surface area contributed by atoms with Crippen LogP contribution >= 0.6 is 0 Å². The molecule has 116 valence electrons. The Morgan fingerprint density at radius 2 is 1.57 bits per heavy atom. The van der Waals surface area contributed by atoms with E-state index in [4.69, 9.17) is 0 Å². The van der Waals surface area contributed by atoms with Crippen molar-refractivity contribution >= 4 is 16.7 Å². The summed E-state index contributed by atoms with van der Waals surface area (Å²) in [5.41, 5.74) is 1.86. The fourth-order valence-corrected chi connectivity index (χ4v) is 2.89. The lowest BCUT2D eigenvalue weighted by Gasteiger charge is -2.26. The van der Waals surface area contributed by atoms with Crippen LogP contribution in [0.5, 0.6) is 5.75 Å². The Morgan fingerprint density at radius 3 is 2.22 bits per heavy atom. The number of aromatic carboxylic acids is 1. The van der Waals surface area contributed by atoms with Crippen LogP contribution in [-0.2, 0) is 5.41 Å². The van der Waals surface area contributed by atoms with Crippen LogP contribution in [0.3, 0.4) is 0 Å². The summed E-state index contributed by atoms with van der Waals surface area (Å²) in [6, 6.07) is 19.1. The van der Waals surface area contributed by atoms with Crippen LogP contribution in [0, 0.1) is 0 Å². The average Bonchev–Trinajstić information content (AvgIpc) is 2.55. The number of carboxylic acid groups (broad SMARTS) is 1. The van der Waals surface area contributed by atoms with Crippen LogP contribution in [0.1, 0.15) is 35.3 Å². The third-order valence-electron chi connectivity index (χ3n) is 4.44. The predicted molar refractivity (Wildman–Crippen MR) is 91.1 cm³/mol. The number of aromatic hydroxyl groups is 1. The first-order chi connectivity index (χ1) is 10.9. The smallest absolute Gasteiger partial charge is 0.339 e. The molecule has 0 fully saturated rings. The molecule has 0 saturated heterocycles. The summed E-state index contributed by atoms with van der Waals surface area (Å²) in [6.45, 7) is 4.23. The molecule has 3 heteroatoms. The molecule has 0 amide bonds. The highest BCUT2D eigenvalue weighted by molar-refractivity contribution is 6.00. The molecule has 0 atom stereocenters. The number of hydrogen-bond donors (Lipinski definition) is 2. The van der Waals surface area contributed by atoms with E-state index in [1.165, 1.54) is 6.07 Å². The normalized spacial score (nSPS) is 11.6. The molecule has 0 heterocycles. The lowest BCUT2D eigenvalue weighted by Crippen LogP contribution is -2.18. The summed E-state index contributed by atoms with van der Waals surface area (Å²) in [4.78, 5) is 11.2. The fourth-order valence-electron chi connectivity index (χ4n) is 2.89. The third kappa shape index (κ3) is 2.55. The monoisotopic (exact) mass is 306 g/mol. The van der Waals surface area contributed by atoms with E-state index < -0.39 is 5.97 Å². The Hall–Kier alpha value is -2.81. The summed E-state index contributed by atoms with van der Waals surface area (Å²) in [5, 5.41) is 20.9. The van der Waals surface area contributed by atoms with E-state index in [1.54, 1.807) is 6.07 Å². The average molecular weight is 306 g/mol. The van der Waals surface area contributed by atoms with Crippen molar-refractivity contribution in [3.05, 3.63) is 77.4 Å². The quantitative estimate of drug-likeness (QED) is 0.745. The maximum absolute atomic E-state index is 11.2. The van der Waals surface area contributed by atoms with Crippen molar-refractivity contribution in [2.45, 2.75) is 19.3 Å². The minimum atomic E-state index is -1.13. The van der Waals surface area contributed by atoms with Crippen molar-refractivity contribution in [1.82, 2.24) is 0 Å². The molecule has 0 saturated carbocycles. The predicted octanol–water partition coefficient (Wildman–Crippen LogP) is 4.57. The van der Waals surface area contributed by atoms with Crippen LogP contribution < -0.4 is 0 Å². The summed E-state index contributed by atoms with van der Waals surface area (Å²) in [5.74, 6) is -1.31. The molecule has 3 nitrogen and oxygen atoms in total. The number of phenols is 1. The van der Waals surface area contributed by atoms with Gasteiger partial charge in [-0.2, -0.15) is 0 Å². The van der Waals surface area contributed by atoms with Gasteiger partial charge < -0.3 is 10.2 Å². The number of rotatable bonds is 3. The summed E-state index contributed by atoms with van der Waals surface area (Å²) in [7, 11) is 0. The molecule has 0 aliphatic rings. The molecule has 0 spiro atoms. The largest absolute Gasteiger partial charge is 0.506 e. The fraction of sp³-hybridized carbons (Fsp3) is 0.150. The van der Waals surface area contributed by atoms with E-state index in [0.29, 0.717) is 5.39 Å². The number of hydrogen-bond acceptors (Lipinski definition) is 2. The second-order valence-corrected chi connectivity index (χ2v) is 6.19. The van der Waals surface area contributed by atoms with Crippen molar-refractivity contribution in [1.29, 1.82) is 0 Å². The first-order valence-electron chi connectivity index (χ1n) is 7.46. The van der Waals surface area contributed by atoms with Crippen molar-refractivity contribution in [2.24, 2.45) is 0 Å². The van der Waals surface area contributed by atoms with Gasteiger partial charge in [-0.15, -0.1) is 0 Å². The zero-order valence-electron chi connectivity index (χ0n) is 13.1. The Bertz CT molecular complexity index is 880. The van der Waals surface area contributed by atoms with Crippen molar-refractivity contribution in [3.8, 4) is 5.75 Å². The first-order valence-corrected chi connectivity index (χ1v) is 7.46. The van der Waals surface area contributed by atoms with Gasteiger partial charge in [0.15, 0.2) is 0 Å². The molecule has 0 aromatic heterocycles.